The van der Waals surface area contributed by atoms with Crippen molar-refractivity contribution in [2.75, 3.05) is 0 Å². The molecule has 1 N–H and O–H groups in total. The Labute approximate surface area is 137 Å². The summed E-state index contributed by atoms with van der Waals surface area (Å²) in [5.41, 5.74) is 8.16. The van der Waals surface area contributed by atoms with Crippen LogP contribution in [0.1, 0.15) is 110 Å². The van der Waals surface area contributed by atoms with E-state index in [-0.39, 0.29) is 0 Å². The van der Waals surface area contributed by atoms with Gasteiger partial charge in [-0.1, -0.05) is 108 Å². The Morgan fingerprint density at radius 2 is 1.09 bits per heavy atom. The highest BCUT2D eigenvalue weighted by atomic mass is 16.3. The summed E-state index contributed by atoms with van der Waals surface area (Å²) >= 11 is 0. The van der Waals surface area contributed by atoms with Gasteiger partial charge in [0.1, 0.15) is 6.23 Å². The van der Waals surface area contributed by atoms with Crippen LogP contribution in [0.4, 0.5) is 0 Å². The standard InChI is InChI=1S/C18H37N3O/c1-2-3-4-5-6-7-8-9-10-11-12-13-14-15-16-17-18(22)20-21-19/h18,22H,2-17H2,1H3. The van der Waals surface area contributed by atoms with Gasteiger partial charge in [-0.2, -0.15) is 0 Å². The second-order valence-corrected chi connectivity index (χ2v) is 6.42. The van der Waals surface area contributed by atoms with Gasteiger partial charge in [0.15, 0.2) is 0 Å². The number of hydrogen-bond acceptors (Lipinski definition) is 2. The van der Waals surface area contributed by atoms with E-state index in [2.05, 4.69) is 16.9 Å². The van der Waals surface area contributed by atoms with E-state index in [0.717, 1.165) is 12.8 Å². The number of aliphatic hydroxyl groups excluding tert-OH is 1. The minimum absolute atomic E-state index is 0.600. The summed E-state index contributed by atoms with van der Waals surface area (Å²) in [6.45, 7) is 2.27. The summed E-state index contributed by atoms with van der Waals surface area (Å²) < 4.78 is 0. The van der Waals surface area contributed by atoms with Crippen LogP contribution in [0.3, 0.4) is 0 Å². The molecule has 1 atom stereocenters. The van der Waals surface area contributed by atoms with Crippen LogP contribution in [0.15, 0.2) is 5.11 Å². The third kappa shape index (κ3) is 17.3. The van der Waals surface area contributed by atoms with Crippen LogP contribution in [0, 0.1) is 0 Å². The molecular weight excluding hydrogens is 274 g/mol. The number of azide groups is 1. The average molecular weight is 312 g/mol. The second kappa shape index (κ2) is 18.3. The van der Waals surface area contributed by atoms with Crippen molar-refractivity contribution in [2.24, 2.45) is 5.11 Å². The van der Waals surface area contributed by atoms with Crippen molar-refractivity contribution in [3.8, 4) is 0 Å². The molecule has 0 aromatic heterocycles. The molecule has 130 valence electrons. The molecule has 0 spiro atoms. The van der Waals surface area contributed by atoms with Crippen molar-refractivity contribution >= 4 is 0 Å². The summed E-state index contributed by atoms with van der Waals surface area (Å²) in [4.78, 5) is 2.60. The lowest BCUT2D eigenvalue weighted by molar-refractivity contribution is 0.168. The topological polar surface area (TPSA) is 69.0 Å². The van der Waals surface area contributed by atoms with Crippen LogP contribution in [0.2, 0.25) is 0 Å². The van der Waals surface area contributed by atoms with Crippen LogP contribution in [0.5, 0.6) is 0 Å². The highest BCUT2D eigenvalue weighted by Gasteiger charge is 1.99. The summed E-state index contributed by atoms with van der Waals surface area (Å²) in [5, 5.41) is 12.5. The molecule has 1 unspecified atom stereocenters. The predicted molar refractivity (Wildman–Crippen MR) is 94.7 cm³/mol. The lowest BCUT2D eigenvalue weighted by Gasteiger charge is -2.04. The van der Waals surface area contributed by atoms with Gasteiger partial charge < -0.3 is 5.11 Å². The molecule has 0 amide bonds. The molecule has 22 heavy (non-hydrogen) atoms. The first-order valence-electron chi connectivity index (χ1n) is 9.53. The summed E-state index contributed by atoms with van der Waals surface area (Å²) in [7, 11) is 0. The van der Waals surface area contributed by atoms with Crippen molar-refractivity contribution in [2.45, 2.75) is 116 Å². The Morgan fingerprint density at radius 1 is 0.727 bits per heavy atom. The number of aliphatic hydroxyl groups is 1. The van der Waals surface area contributed by atoms with E-state index in [1.54, 1.807) is 0 Å². The average Bonchev–Trinajstić information content (AvgIpc) is 2.51. The van der Waals surface area contributed by atoms with Gasteiger partial charge in [0.05, 0.1) is 0 Å². The zero-order valence-electron chi connectivity index (χ0n) is 14.7. The van der Waals surface area contributed by atoms with E-state index in [1.165, 1.54) is 83.5 Å². The van der Waals surface area contributed by atoms with E-state index in [4.69, 9.17) is 5.53 Å². The van der Waals surface area contributed by atoms with Gasteiger partial charge in [0.25, 0.3) is 0 Å². The highest BCUT2D eigenvalue weighted by Crippen LogP contribution is 2.14. The number of rotatable bonds is 17. The molecule has 0 aromatic rings. The molecule has 0 saturated heterocycles. The van der Waals surface area contributed by atoms with E-state index >= 15 is 0 Å². The van der Waals surface area contributed by atoms with E-state index in [1.807, 2.05) is 0 Å². The normalized spacial score (nSPS) is 12.1. The lowest BCUT2D eigenvalue weighted by Crippen LogP contribution is -2.00. The predicted octanol–water partition coefficient (Wildman–Crippen LogP) is 6.88. The minimum atomic E-state index is -0.827. The maximum Gasteiger partial charge on any atom is 0.133 e. The van der Waals surface area contributed by atoms with Gasteiger partial charge in [-0.15, -0.1) is 0 Å². The summed E-state index contributed by atoms with van der Waals surface area (Å²) in [5.74, 6) is 0. The maximum absolute atomic E-state index is 9.23. The van der Waals surface area contributed by atoms with Crippen molar-refractivity contribution in [3.05, 3.63) is 10.4 Å². The molecule has 0 aliphatic heterocycles. The molecule has 4 heteroatoms. The van der Waals surface area contributed by atoms with E-state index < -0.39 is 6.23 Å². The third-order valence-electron chi connectivity index (χ3n) is 4.25. The van der Waals surface area contributed by atoms with Gasteiger partial charge in [-0.25, -0.2) is 0 Å². The molecule has 4 nitrogen and oxygen atoms in total. The van der Waals surface area contributed by atoms with Crippen molar-refractivity contribution in [3.63, 3.8) is 0 Å². The number of hydrogen-bond donors (Lipinski definition) is 1. The van der Waals surface area contributed by atoms with Crippen LogP contribution in [-0.2, 0) is 0 Å². The fraction of sp³-hybridized carbons (Fsp3) is 1.00. The van der Waals surface area contributed by atoms with Crippen molar-refractivity contribution in [1.29, 1.82) is 0 Å². The van der Waals surface area contributed by atoms with Crippen LogP contribution >= 0.6 is 0 Å². The fourth-order valence-corrected chi connectivity index (χ4v) is 2.82. The Balaban J connectivity index is 3.04. The first-order valence-corrected chi connectivity index (χ1v) is 9.53. The minimum Gasteiger partial charge on any atom is -0.387 e. The summed E-state index contributed by atoms with van der Waals surface area (Å²) in [6.07, 6.45) is 19.8. The Bertz CT molecular complexity index is 265. The first-order chi connectivity index (χ1) is 10.8. The van der Waals surface area contributed by atoms with Crippen molar-refractivity contribution < 1.29 is 5.11 Å². The number of unbranched alkanes of at least 4 members (excludes halogenated alkanes) is 14. The molecule has 0 saturated carbocycles. The zero-order chi connectivity index (χ0) is 16.3. The van der Waals surface area contributed by atoms with Crippen LogP contribution in [-0.4, -0.2) is 11.3 Å². The molecule has 0 aliphatic rings. The summed E-state index contributed by atoms with van der Waals surface area (Å²) in [6, 6.07) is 0. The molecule has 0 aromatic carbocycles. The van der Waals surface area contributed by atoms with Gasteiger partial charge in [-0.05, 0) is 12.0 Å². The van der Waals surface area contributed by atoms with Gasteiger partial charge in [0, 0.05) is 4.91 Å². The van der Waals surface area contributed by atoms with Gasteiger partial charge in [0.2, 0.25) is 0 Å². The second-order valence-electron chi connectivity index (χ2n) is 6.42. The maximum atomic E-state index is 9.23. The van der Waals surface area contributed by atoms with Crippen molar-refractivity contribution in [1.82, 2.24) is 0 Å². The Morgan fingerprint density at radius 3 is 1.45 bits per heavy atom. The molecular formula is C18H37N3O. The molecule has 0 bridgehead atoms. The lowest BCUT2D eigenvalue weighted by atomic mass is 10.0. The van der Waals surface area contributed by atoms with Crippen LogP contribution in [0.25, 0.3) is 10.4 Å². The first kappa shape index (κ1) is 21.3. The highest BCUT2D eigenvalue weighted by molar-refractivity contribution is 4.55. The van der Waals surface area contributed by atoms with E-state index in [0.29, 0.717) is 6.42 Å². The molecule has 0 rings (SSSR count). The van der Waals surface area contributed by atoms with E-state index in [9.17, 15) is 5.11 Å². The Kier molecular flexibility index (Phi) is 17.7. The van der Waals surface area contributed by atoms with Gasteiger partial charge >= 0.3 is 0 Å². The smallest absolute Gasteiger partial charge is 0.133 e. The SMILES string of the molecule is CCCCCCCCCCCCCCCCCC(O)N=[N+]=[N-]. The fourth-order valence-electron chi connectivity index (χ4n) is 2.82. The molecule has 0 aliphatic carbocycles. The molecule has 0 radical (unpaired) electrons. The number of nitrogens with zero attached hydrogens (tertiary/aromatic N) is 3. The third-order valence-corrected chi connectivity index (χ3v) is 4.25. The van der Waals surface area contributed by atoms with Crippen LogP contribution < -0.4 is 0 Å². The monoisotopic (exact) mass is 311 g/mol. The largest absolute Gasteiger partial charge is 0.387 e. The Hall–Kier alpha value is -0.730. The molecule has 0 fully saturated rings. The zero-order valence-corrected chi connectivity index (χ0v) is 14.7. The molecule has 0 heterocycles. The van der Waals surface area contributed by atoms with Gasteiger partial charge in [-0.3, -0.25) is 0 Å². The quantitative estimate of drug-likeness (QED) is 0.135.